The highest BCUT2D eigenvalue weighted by Gasteiger charge is 2.08. The van der Waals surface area contributed by atoms with Crippen LogP contribution in [0.15, 0.2) is 78.9 Å². The first-order chi connectivity index (χ1) is 12.7. The molecule has 3 aromatic carbocycles. The quantitative estimate of drug-likeness (QED) is 0.493. The Bertz CT molecular complexity index is 839. The summed E-state index contributed by atoms with van der Waals surface area (Å²) < 4.78 is 0. The van der Waals surface area contributed by atoms with Crippen LogP contribution in [0.25, 0.3) is 22.3 Å². The van der Waals surface area contributed by atoms with E-state index in [0.29, 0.717) is 0 Å². The highest BCUT2D eigenvalue weighted by atomic mass is 16.4. The van der Waals surface area contributed by atoms with Crippen molar-refractivity contribution >= 4 is 5.97 Å². The third-order valence-corrected chi connectivity index (χ3v) is 4.61. The van der Waals surface area contributed by atoms with Crippen LogP contribution < -0.4 is 0 Å². The second-order valence-electron chi connectivity index (χ2n) is 6.57. The van der Waals surface area contributed by atoms with Gasteiger partial charge in [-0.1, -0.05) is 85.3 Å². The molecule has 0 fully saturated rings. The summed E-state index contributed by atoms with van der Waals surface area (Å²) in [5.74, 6) is -0.705. The summed E-state index contributed by atoms with van der Waals surface area (Å²) in [5.41, 5.74) is 6.24. The van der Waals surface area contributed by atoms with E-state index in [-0.39, 0.29) is 6.42 Å². The van der Waals surface area contributed by atoms with Crippen LogP contribution in [0.5, 0.6) is 0 Å². The molecule has 0 saturated carbocycles. The van der Waals surface area contributed by atoms with Crippen molar-refractivity contribution in [3.05, 3.63) is 84.4 Å². The summed E-state index contributed by atoms with van der Waals surface area (Å²) in [6.07, 6.45) is 3.97. The molecular weight excluding hydrogens is 320 g/mol. The Kier molecular flexibility index (Phi) is 6.21. The molecule has 0 radical (unpaired) electrons. The number of hydrogen-bond acceptors (Lipinski definition) is 1. The van der Waals surface area contributed by atoms with Crippen LogP contribution in [0.2, 0.25) is 0 Å². The summed E-state index contributed by atoms with van der Waals surface area (Å²) in [4.78, 5) is 10.6. The van der Waals surface area contributed by atoms with E-state index < -0.39 is 5.97 Å². The standard InChI is InChI=1S/C24H24O2/c25-24(26)15-9-1-4-10-19-16-17-22(20-11-5-2-6-12-20)23(18-19)21-13-7-3-8-14-21/h2-3,5-8,11-14,16-18H,1,4,9-10,15H2,(H,25,26). The van der Waals surface area contributed by atoms with Crippen LogP contribution >= 0.6 is 0 Å². The smallest absolute Gasteiger partial charge is 0.303 e. The van der Waals surface area contributed by atoms with E-state index >= 15 is 0 Å². The lowest BCUT2D eigenvalue weighted by Crippen LogP contribution is -1.95. The van der Waals surface area contributed by atoms with Crippen LogP contribution in [-0.2, 0) is 11.2 Å². The summed E-state index contributed by atoms with van der Waals surface area (Å²) in [6.45, 7) is 0. The number of rotatable bonds is 8. The van der Waals surface area contributed by atoms with Crippen molar-refractivity contribution in [3.8, 4) is 22.3 Å². The molecule has 1 N–H and O–H groups in total. The van der Waals surface area contributed by atoms with E-state index in [1.165, 1.54) is 27.8 Å². The maximum atomic E-state index is 10.6. The fraction of sp³-hybridized carbons (Fsp3) is 0.208. The lowest BCUT2D eigenvalue weighted by atomic mass is 9.91. The molecule has 132 valence electrons. The third kappa shape index (κ3) is 4.82. The van der Waals surface area contributed by atoms with Crippen LogP contribution in [-0.4, -0.2) is 11.1 Å². The highest BCUT2D eigenvalue weighted by molar-refractivity contribution is 5.83. The van der Waals surface area contributed by atoms with Crippen LogP contribution in [0, 0.1) is 0 Å². The van der Waals surface area contributed by atoms with Crippen molar-refractivity contribution in [3.63, 3.8) is 0 Å². The first-order valence-electron chi connectivity index (χ1n) is 9.19. The van der Waals surface area contributed by atoms with Crippen molar-refractivity contribution in [2.75, 3.05) is 0 Å². The molecule has 3 aromatic rings. The summed E-state index contributed by atoms with van der Waals surface area (Å²) in [7, 11) is 0. The largest absolute Gasteiger partial charge is 0.481 e. The maximum absolute atomic E-state index is 10.6. The van der Waals surface area contributed by atoms with Crippen molar-refractivity contribution in [2.45, 2.75) is 32.1 Å². The van der Waals surface area contributed by atoms with Gasteiger partial charge in [-0.2, -0.15) is 0 Å². The minimum Gasteiger partial charge on any atom is -0.481 e. The molecule has 26 heavy (non-hydrogen) atoms. The molecule has 0 aliphatic carbocycles. The van der Waals surface area contributed by atoms with Gasteiger partial charge < -0.3 is 5.11 Å². The monoisotopic (exact) mass is 344 g/mol. The number of carboxylic acids is 1. The normalized spacial score (nSPS) is 10.6. The molecule has 0 saturated heterocycles. The number of carbonyl (C=O) groups is 1. The summed E-state index contributed by atoms with van der Waals surface area (Å²) in [5, 5.41) is 8.73. The predicted molar refractivity (Wildman–Crippen MR) is 107 cm³/mol. The number of aryl methyl sites for hydroxylation is 1. The molecule has 0 bridgehead atoms. The fourth-order valence-electron chi connectivity index (χ4n) is 3.26. The Morgan fingerprint density at radius 1 is 0.692 bits per heavy atom. The Balaban J connectivity index is 1.82. The minimum atomic E-state index is -0.705. The third-order valence-electron chi connectivity index (χ3n) is 4.61. The summed E-state index contributed by atoms with van der Waals surface area (Å²) in [6, 6.07) is 27.7. The molecule has 0 aliphatic heterocycles. The van der Waals surface area contributed by atoms with Gasteiger partial charge in [-0.3, -0.25) is 4.79 Å². The Labute approximate surface area is 155 Å². The van der Waals surface area contributed by atoms with Gasteiger partial charge in [0.05, 0.1) is 0 Å². The molecule has 0 atom stereocenters. The molecule has 0 spiro atoms. The number of benzene rings is 3. The predicted octanol–water partition coefficient (Wildman–Crippen LogP) is 6.21. The maximum Gasteiger partial charge on any atom is 0.303 e. The van der Waals surface area contributed by atoms with Gasteiger partial charge in [0, 0.05) is 6.42 Å². The van der Waals surface area contributed by atoms with Crippen LogP contribution in [0.3, 0.4) is 0 Å². The molecule has 3 rings (SSSR count). The lowest BCUT2D eigenvalue weighted by Gasteiger charge is -2.13. The Morgan fingerprint density at radius 2 is 1.31 bits per heavy atom. The number of unbranched alkanes of at least 4 members (excludes halogenated alkanes) is 2. The van der Waals surface area contributed by atoms with Crippen LogP contribution in [0.1, 0.15) is 31.2 Å². The van der Waals surface area contributed by atoms with Gasteiger partial charge in [-0.15, -0.1) is 0 Å². The Morgan fingerprint density at radius 3 is 1.92 bits per heavy atom. The van der Waals surface area contributed by atoms with Gasteiger partial charge in [0.2, 0.25) is 0 Å². The fourth-order valence-corrected chi connectivity index (χ4v) is 3.26. The van der Waals surface area contributed by atoms with Crippen molar-refractivity contribution in [1.29, 1.82) is 0 Å². The number of hydrogen-bond donors (Lipinski definition) is 1. The van der Waals surface area contributed by atoms with Gasteiger partial charge in [-0.05, 0) is 47.1 Å². The molecule has 2 nitrogen and oxygen atoms in total. The van der Waals surface area contributed by atoms with Gasteiger partial charge in [-0.25, -0.2) is 0 Å². The topological polar surface area (TPSA) is 37.3 Å². The van der Waals surface area contributed by atoms with E-state index in [1.54, 1.807) is 0 Å². The van der Waals surface area contributed by atoms with E-state index in [0.717, 1.165) is 25.7 Å². The minimum absolute atomic E-state index is 0.266. The average Bonchev–Trinajstić information content (AvgIpc) is 2.69. The van der Waals surface area contributed by atoms with Gasteiger partial charge in [0.25, 0.3) is 0 Å². The van der Waals surface area contributed by atoms with Crippen LogP contribution in [0.4, 0.5) is 0 Å². The molecule has 0 amide bonds. The van der Waals surface area contributed by atoms with Crippen molar-refractivity contribution in [1.82, 2.24) is 0 Å². The van der Waals surface area contributed by atoms with Crippen molar-refractivity contribution < 1.29 is 9.90 Å². The van der Waals surface area contributed by atoms with E-state index in [1.807, 2.05) is 12.1 Å². The molecule has 0 aliphatic rings. The molecular formula is C24H24O2. The van der Waals surface area contributed by atoms with Gasteiger partial charge in [0.1, 0.15) is 0 Å². The van der Waals surface area contributed by atoms with E-state index in [4.69, 9.17) is 5.11 Å². The Hall–Kier alpha value is -2.87. The average molecular weight is 344 g/mol. The van der Waals surface area contributed by atoms with Gasteiger partial charge >= 0.3 is 5.97 Å². The summed E-state index contributed by atoms with van der Waals surface area (Å²) >= 11 is 0. The number of aliphatic carboxylic acids is 1. The van der Waals surface area contributed by atoms with Gasteiger partial charge in [0.15, 0.2) is 0 Å². The first kappa shape index (κ1) is 17.9. The molecule has 0 heterocycles. The second-order valence-corrected chi connectivity index (χ2v) is 6.57. The first-order valence-corrected chi connectivity index (χ1v) is 9.19. The molecule has 0 unspecified atom stereocenters. The zero-order chi connectivity index (χ0) is 18.2. The van der Waals surface area contributed by atoms with E-state index in [2.05, 4.69) is 66.7 Å². The second kappa shape index (κ2) is 9.00. The van der Waals surface area contributed by atoms with E-state index in [9.17, 15) is 4.79 Å². The molecule has 2 heteroatoms. The molecule has 0 aromatic heterocycles. The zero-order valence-electron chi connectivity index (χ0n) is 14.9. The zero-order valence-corrected chi connectivity index (χ0v) is 14.9. The highest BCUT2D eigenvalue weighted by Crippen LogP contribution is 2.33. The SMILES string of the molecule is O=C(O)CCCCCc1ccc(-c2ccccc2)c(-c2ccccc2)c1. The number of carboxylic acid groups (broad SMARTS) is 1. The van der Waals surface area contributed by atoms with Crippen molar-refractivity contribution in [2.24, 2.45) is 0 Å². The lowest BCUT2D eigenvalue weighted by molar-refractivity contribution is -0.137.